The Morgan fingerprint density at radius 2 is 2.14 bits per heavy atom. The Morgan fingerprint density at radius 3 is 2.82 bits per heavy atom. The lowest BCUT2D eigenvalue weighted by Crippen LogP contribution is -2.28. The first-order valence-corrected chi connectivity index (χ1v) is 7.43. The van der Waals surface area contributed by atoms with E-state index in [9.17, 15) is 4.79 Å². The van der Waals surface area contributed by atoms with E-state index < -0.39 is 0 Å². The number of nitrogens with one attached hydrogen (secondary N) is 2. The van der Waals surface area contributed by atoms with Crippen LogP contribution in [-0.4, -0.2) is 36.0 Å². The number of thiazole rings is 1. The molecule has 2 aromatic rings. The quantitative estimate of drug-likeness (QED) is 0.741. The third-order valence-corrected chi connectivity index (χ3v) is 3.67. The number of aromatic nitrogens is 2. The highest BCUT2D eigenvalue weighted by molar-refractivity contribution is 7.13. The summed E-state index contributed by atoms with van der Waals surface area (Å²) >= 11 is 1.54. The van der Waals surface area contributed by atoms with E-state index >= 15 is 0 Å². The van der Waals surface area contributed by atoms with Crippen LogP contribution in [0.25, 0.3) is 10.6 Å². The van der Waals surface area contributed by atoms with Crippen LogP contribution < -0.4 is 10.6 Å². The van der Waals surface area contributed by atoms with Gasteiger partial charge in [-0.25, -0.2) is 4.98 Å². The zero-order valence-corrected chi connectivity index (χ0v) is 14.7. The summed E-state index contributed by atoms with van der Waals surface area (Å²) in [5, 5.41) is 8.76. The van der Waals surface area contributed by atoms with Crippen molar-refractivity contribution in [3.8, 4) is 10.6 Å². The second-order valence-corrected chi connectivity index (χ2v) is 5.23. The molecule has 0 aromatic carbocycles. The van der Waals surface area contributed by atoms with Crippen LogP contribution in [-0.2, 0) is 11.2 Å². The monoisotopic (exact) mass is 362 g/mol. The summed E-state index contributed by atoms with van der Waals surface area (Å²) in [5.41, 5.74) is 1.79. The minimum Gasteiger partial charge on any atom is -0.356 e. The topological polar surface area (TPSA) is 66.9 Å². The van der Waals surface area contributed by atoms with E-state index in [0.717, 1.165) is 29.2 Å². The van der Waals surface area contributed by atoms with Crippen molar-refractivity contribution in [2.24, 2.45) is 0 Å². The Kier molecular flexibility index (Phi) is 10.7. The maximum absolute atomic E-state index is 11.7. The summed E-state index contributed by atoms with van der Waals surface area (Å²) in [6.45, 7) is 1.60. The zero-order chi connectivity index (χ0) is 14.2. The summed E-state index contributed by atoms with van der Waals surface area (Å²) < 4.78 is 0. The van der Waals surface area contributed by atoms with Crippen LogP contribution in [0.3, 0.4) is 0 Å². The lowest BCUT2D eigenvalue weighted by Gasteiger charge is -2.03. The SMILES string of the molecule is CNCCCNC(=O)Cc1csc(-c2cccnc2)n1.Cl.Cl. The normalized spacial score (nSPS) is 9.50. The van der Waals surface area contributed by atoms with Crippen molar-refractivity contribution in [2.45, 2.75) is 12.8 Å². The number of hydrogen-bond acceptors (Lipinski definition) is 5. The molecule has 0 spiro atoms. The Morgan fingerprint density at radius 1 is 1.32 bits per heavy atom. The van der Waals surface area contributed by atoms with Crippen LogP contribution >= 0.6 is 36.2 Å². The van der Waals surface area contributed by atoms with E-state index in [-0.39, 0.29) is 30.7 Å². The fourth-order valence-electron chi connectivity index (χ4n) is 1.73. The number of pyridine rings is 1. The third kappa shape index (κ3) is 6.70. The molecule has 5 nitrogen and oxygen atoms in total. The summed E-state index contributed by atoms with van der Waals surface area (Å²) in [7, 11) is 1.90. The van der Waals surface area contributed by atoms with Crippen molar-refractivity contribution in [1.82, 2.24) is 20.6 Å². The van der Waals surface area contributed by atoms with Gasteiger partial charge < -0.3 is 10.6 Å². The minimum atomic E-state index is 0. The summed E-state index contributed by atoms with van der Waals surface area (Å²) in [5.74, 6) is 0.0177. The predicted molar refractivity (Wildman–Crippen MR) is 95.1 cm³/mol. The number of amides is 1. The Balaban J connectivity index is 0.00000220. The van der Waals surface area contributed by atoms with Gasteiger partial charge in [-0.3, -0.25) is 9.78 Å². The van der Waals surface area contributed by atoms with Crippen molar-refractivity contribution in [3.63, 3.8) is 0 Å². The highest BCUT2D eigenvalue weighted by atomic mass is 35.5. The van der Waals surface area contributed by atoms with Gasteiger partial charge in [-0.1, -0.05) is 0 Å². The van der Waals surface area contributed by atoms with E-state index in [1.54, 1.807) is 12.4 Å². The van der Waals surface area contributed by atoms with Gasteiger partial charge in [0.1, 0.15) is 5.01 Å². The molecule has 0 aliphatic rings. The van der Waals surface area contributed by atoms with Crippen molar-refractivity contribution in [1.29, 1.82) is 0 Å². The van der Waals surface area contributed by atoms with E-state index in [1.807, 2.05) is 24.6 Å². The molecule has 2 heterocycles. The first kappa shape index (κ1) is 20.8. The molecule has 0 saturated heterocycles. The molecule has 22 heavy (non-hydrogen) atoms. The van der Waals surface area contributed by atoms with Crippen LogP contribution in [0.15, 0.2) is 29.9 Å². The third-order valence-electron chi connectivity index (χ3n) is 2.73. The molecule has 0 aliphatic heterocycles. The standard InChI is InChI=1S/C14H18N4OS.2ClH/c1-15-5-3-7-17-13(19)8-12-10-20-14(18-12)11-4-2-6-16-9-11;;/h2,4,6,9-10,15H,3,5,7-8H2,1H3,(H,17,19);2*1H. The van der Waals surface area contributed by atoms with Gasteiger partial charge in [0, 0.05) is 29.9 Å². The molecule has 8 heteroatoms. The predicted octanol–water partition coefficient (Wildman–Crippen LogP) is 2.32. The number of carbonyl (C=O) groups is 1. The van der Waals surface area contributed by atoms with E-state index in [1.165, 1.54) is 11.3 Å². The molecule has 0 fully saturated rings. The maximum Gasteiger partial charge on any atom is 0.226 e. The molecule has 0 radical (unpaired) electrons. The van der Waals surface area contributed by atoms with Crippen LogP contribution in [0, 0.1) is 0 Å². The van der Waals surface area contributed by atoms with Crippen LogP contribution in [0.5, 0.6) is 0 Å². The molecule has 0 atom stereocenters. The molecule has 0 saturated carbocycles. The molecule has 0 bridgehead atoms. The van der Waals surface area contributed by atoms with E-state index in [4.69, 9.17) is 0 Å². The molecular formula is C14H20Cl2N4OS. The summed E-state index contributed by atoms with van der Waals surface area (Å²) in [6, 6.07) is 3.85. The lowest BCUT2D eigenvalue weighted by atomic mass is 10.3. The van der Waals surface area contributed by atoms with Crippen molar-refractivity contribution in [3.05, 3.63) is 35.6 Å². The van der Waals surface area contributed by atoms with Gasteiger partial charge in [-0.2, -0.15) is 0 Å². The molecule has 2 aromatic heterocycles. The molecular weight excluding hydrogens is 343 g/mol. The van der Waals surface area contributed by atoms with Gasteiger partial charge in [0.25, 0.3) is 0 Å². The lowest BCUT2D eigenvalue weighted by molar-refractivity contribution is -0.120. The molecule has 1 amide bonds. The van der Waals surface area contributed by atoms with Gasteiger partial charge in [0.2, 0.25) is 5.91 Å². The number of nitrogens with zero attached hydrogens (tertiary/aromatic N) is 2. The van der Waals surface area contributed by atoms with Gasteiger partial charge in [-0.05, 0) is 32.1 Å². The average molecular weight is 363 g/mol. The Bertz CT molecular complexity index is 551. The summed E-state index contributed by atoms with van der Waals surface area (Å²) in [6.07, 6.45) is 4.77. The second-order valence-electron chi connectivity index (χ2n) is 4.37. The zero-order valence-electron chi connectivity index (χ0n) is 12.2. The Labute approximate surface area is 146 Å². The number of carbonyl (C=O) groups excluding carboxylic acids is 1. The van der Waals surface area contributed by atoms with Crippen molar-refractivity contribution >= 4 is 42.1 Å². The van der Waals surface area contributed by atoms with Crippen molar-refractivity contribution < 1.29 is 4.79 Å². The largest absolute Gasteiger partial charge is 0.356 e. The Hall–Kier alpha value is -1.21. The van der Waals surface area contributed by atoms with E-state index in [2.05, 4.69) is 20.6 Å². The van der Waals surface area contributed by atoms with Crippen LogP contribution in [0.1, 0.15) is 12.1 Å². The first-order chi connectivity index (χ1) is 9.79. The van der Waals surface area contributed by atoms with Gasteiger partial charge in [-0.15, -0.1) is 36.2 Å². The highest BCUT2D eigenvalue weighted by Gasteiger charge is 2.08. The van der Waals surface area contributed by atoms with Gasteiger partial charge >= 0.3 is 0 Å². The number of hydrogen-bond donors (Lipinski definition) is 2. The highest BCUT2D eigenvalue weighted by Crippen LogP contribution is 2.22. The number of rotatable bonds is 7. The number of halogens is 2. The minimum absolute atomic E-state index is 0. The molecule has 2 rings (SSSR count). The molecule has 0 unspecified atom stereocenters. The van der Waals surface area contributed by atoms with Gasteiger partial charge in [0.05, 0.1) is 12.1 Å². The molecule has 2 N–H and O–H groups in total. The smallest absolute Gasteiger partial charge is 0.226 e. The maximum atomic E-state index is 11.7. The fraction of sp³-hybridized carbons (Fsp3) is 0.357. The van der Waals surface area contributed by atoms with Crippen LogP contribution in [0.2, 0.25) is 0 Å². The molecule has 122 valence electrons. The van der Waals surface area contributed by atoms with Crippen molar-refractivity contribution in [2.75, 3.05) is 20.1 Å². The first-order valence-electron chi connectivity index (χ1n) is 6.55. The second kappa shape index (κ2) is 11.4. The van der Waals surface area contributed by atoms with E-state index in [0.29, 0.717) is 13.0 Å². The average Bonchev–Trinajstić information content (AvgIpc) is 2.93. The van der Waals surface area contributed by atoms with Crippen LogP contribution in [0.4, 0.5) is 0 Å². The molecule has 0 aliphatic carbocycles. The summed E-state index contributed by atoms with van der Waals surface area (Å²) in [4.78, 5) is 20.3. The fourth-order valence-corrected chi connectivity index (χ4v) is 2.54. The van der Waals surface area contributed by atoms with Gasteiger partial charge in [0.15, 0.2) is 0 Å².